The highest BCUT2D eigenvalue weighted by Crippen LogP contribution is 2.18. The second-order valence-electron chi connectivity index (χ2n) is 6.08. The molecule has 3 amide bonds. The van der Waals surface area contributed by atoms with Gasteiger partial charge in [-0.1, -0.05) is 0 Å². The summed E-state index contributed by atoms with van der Waals surface area (Å²) in [6, 6.07) is 5.64. The van der Waals surface area contributed by atoms with Crippen molar-refractivity contribution in [2.45, 2.75) is 19.8 Å². The zero-order valence-electron chi connectivity index (χ0n) is 13.9. The average molecular weight is 345 g/mol. The van der Waals surface area contributed by atoms with Crippen LogP contribution < -0.4 is 16.0 Å². The number of amides is 3. The molecule has 0 radical (unpaired) electrons. The molecule has 1 atom stereocenters. The standard InChI is InChI=1S/C17H20FN5O2/c1-11-15(10-21-23(11)14-4-2-13(18)3-5-14)22-17(25)19-7-6-12-8-16(24)20-9-12/h2-5,10,12H,6-9H2,1H3,(H,20,24)(H2,19,22,25). The number of hydrogen-bond donors (Lipinski definition) is 3. The summed E-state index contributed by atoms with van der Waals surface area (Å²) in [7, 11) is 0. The number of benzene rings is 1. The van der Waals surface area contributed by atoms with E-state index in [4.69, 9.17) is 0 Å². The van der Waals surface area contributed by atoms with Gasteiger partial charge in [0.05, 0.1) is 23.3 Å². The smallest absolute Gasteiger partial charge is 0.319 e. The van der Waals surface area contributed by atoms with E-state index in [-0.39, 0.29) is 23.7 Å². The van der Waals surface area contributed by atoms with E-state index >= 15 is 0 Å². The molecule has 3 N–H and O–H groups in total. The predicted octanol–water partition coefficient (Wildman–Crippen LogP) is 1.97. The van der Waals surface area contributed by atoms with Crippen molar-refractivity contribution in [1.82, 2.24) is 20.4 Å². The first-order chi connectivity index (χ1) is 12.0. The minimum absolute atomic E-state index is 0.0679. The molecule has 0 saturated carbocycles. The van der Waals surface area contributed by atoms with E-state index in [1.165, 1.54) is 12.1 Å². The maximum atomic E-state index is 13.0. The van der Waals surface area contributed by atoms with Crippen molar-refractivity contribution in [3.8, 4) is 5.69 Å². The van der Waals surface area contributed by atoms with E-state index < -0.39 is 0 Å². The molecule has 0 aliphatic carbocycles. The number of carbonyl (C=O) groups is 2. The molecular weight excluding hydrogens is 325 g/mol. The Kier molecular flexibility index (Phi) is 4.97. The summed E-state index contributed by atoms with van der Waals surface area (Å²) in [5, 5.41) is 12.5. The Balaban J connectivity index is 1.53. The molecule has 1 unspecified atom stereocenters. The molecule has 0 bridgehead atoms. The number of aromatic nitrogens is 2. The van der Waals surface area contributed by atoms with Gasteiger partial charge >= 0.3 is 6.03 Å². The quantitative estimate of drug-likeness (QED) is 0.774. The highest BCUT2D eigenvalue weighted by atomic mass is 19.1. The van der Waals surface area contributed by atoms with Crippen LogP contribution in [0.1, 0.15) is 18.5 Å². The molecule has 1 aliphatic rings. The van der Waals surface area contributed by atoms with Crippen LogP contribution in [0, 0.1) is 18.7 Å². The van der Waals surface area contributed by atoms with E-state index in [0.29, 0.717) is 30.9 Å². The third kappa shape index (κ3) is 4.14. The maximum absolute atomic E-state index is 13.0. The fourth-order valence-corrected chi connectivity index (χ4v) is 2.80. The van der Waals surface area contributed by atoms with Gasteiger partial charge in [-0.2, -0.15) is 5.10 Å². The van der Waals surface area contributed by atoms with Crippen LogP contribution in [0.4, 0.5) is 14.9 Å². The minimum atomic E-state index is -0.320. The summed E-state index contributed by atoms with van der Waals surface area (Å²) in [6.45, 7) is 2.99. The molecule has 25 heavy (non-hydrogen) atoms. The van der Waals surface area contributed by atoms with E-state index in [0.717, 1.165) is 12.1 Å². The fraction of sp³-hybridized carbons (Fsp3) is 0.353. The molecule has 1 aromatic carbocycles. The van der Waals surface area contributed by atoms with Gasteiger partial charge in [0, 0.05) is 19.5 Å². The lowest BCUT2D eigenvalue weighted by molar-refractivity contribution is -0.119. The van der Waals surface area contributed by atoms with Crippen molar-refractivity contribution in [3.05, 3.63) is 42.0 Å². The molecular formula is C17H20FN5O2. The Bertz CT molecular complexity index is 772. The molecule has 1 fully saturated rings. The Morgan fingerprint density at radius 3 is 2.84 bits per heavy atom. The molecule has 3 rings (SSSR count). The van der Waals surface area contributed by atoms with Crippen LogP contribution in [0.15, 0.2) is 30.5 Å². The van der Waals surface area contributed by atoms with E-state index in [9.17, 15) is 14.0 Å². The van der Waals surface area contributed by atoms with Crippen LogP contribution in [-0.2, 0) is 4.79 Å². The van der Waals surface area contributed by atoms with Crippen molar-refractivity contribution in [2.75, 3.05) is 18.4 Å². The third-order valence-electron chi connectivity index (χ3n) is 4.23. The first kappa shape index (κ1) is 16.9. The lowest BCUT2D eigenvalue weighted by Gasteiger charge is -2.10. The third-order valence-corrected chi connectivity index (χ3v) is 4.23. The van der Waals surface area contributed by atoms with E-state index in [1.54, 1.807) is 23.0 Å². The van der Waals surface area contributed by atoms with Crippen LogP contribution in [0.2, 0.25) is 0 Å². The molecule has 132 valence electrons. The number of hydrogen-bond acceptors (Lipinski definition) is 3. The van der Waals surface area contributed by atoms with Crippen molar-refractivity contribution in [1.29, 1.82) is 0 Å². The second kappa shape index (κ2) is 7.33. The molecule has 2 aromatic rings. The van der Waals surface area contributed by atoms with Crippen LogP contribution in [0.3, 0.4) is 0 Å². The highest BCUT2D eigenvalue weighted by molar-refractivity contribution is 5.89. The Hall–Kier alpha value is -2.90. The van der Waals surface area contributed by atoms with Gasteiger partial charge in [0.1, 0.15) is 5.82 Å². The highest BCUT2D eigenvalue weighted by Gasteiger charge is 2.21. The van der Waals surface area contributed by atoms with Gasteiger partial charge in [0.2, 0.25) is 5.91 Å². The van der Waals surface area contributed by atoms with E-state index in [2.05, 4.69) is 21.0 Å². The molecule has 7 nitrogen and oxygen atoms in total. The summed E-state index contributed by atoms with van der Waals surface area (Å²) in [5.41, 5.74) is 2.04. The van der Waals surface area contributed by atoms with Crippen LogP contribution in [0.5, 0.6) is 0 Å². The fourth-order valence-electron chi connectivity index (χ4n) is 2.80. The lowest BCUT2D eigenvalue weighted by Crippen LogP contribution is -2.30. The number of nitrogens with zero attached hydrogens (tertiary/aromatic N) is 2. The molecule has 1 saturated heterocycles. The Morgan fingerprint density at radius 1 is 1.40 bits per heavy atom. The first-order valence-corrected chi connectivity index (χ1v) is 8.15. The van der Waals surface area contributed by atoms with Gasteiger partial charge in [-0.15, -0.1) is 0 Å². The molecule has 1 aromatic heterocycles. The normalized spacial score (nSPS) is 16.6. The molecule has 8 heteroatoms. The number of rotatable bonds is 5. The zero-order chi connectivity index (χ0) is 17.8. The predicted molar refractivity (Wildman–Crippen MR) is 91.0 cm³/mol. The van der Waals surface area contributed by atoms with Gasteiger partial charge in [-0.25, -0.2) is 13.9 Å². The number of halogens is 1. The maximum Gasteiger partial charge on any atom is 0.319 e. The first-order valence-electron chi connectivity index (χ1n) is 8.15. The summed E-state index contributed by atoms with van der Waals surface area (Å²) in [5.74, 6) is 0.0273. The van der Waals surface area contributed by atoms with Crippen molar-refractivity contribution >= 4 is 17.6 Å². The molecule has 1 aliphatic heterocycles. The number of urea groups is 1. The van der Waals surface area contributed by atoms with Crippen molar-refractivity contribution in [2.24, 2.45) is 5.92 Å². The number of anilines is 1. The Labute approximate surface area is 144 Å². The van der Waals surface area contributed by atoms with Crippen molar-refractivity contribution in [3.63, 3.8) is 0 Å². The van der Waals surface area contributed by atoms with Crippen molar-refractivity contribution < 1.29 is 14.0 Å². The van der Waals surface area contributed by atoms with Gasteiger partial charge < -0.3 is 16.0 Å². The number of nitrogens with one attached hydrogen (secondary N) is 3. The van der Waals surface area contributed by atoms with E-state index in [1.807, 2.05) is 6.92 Å². The average Bonchev–Trinajstić information content (AvgIpc) is 3.15. The molecule has 2 heterocycles. The SMILES string of the molecule is Cc1c(NC(=O)NCCC2CNC(=O)C2)cnn1-c1ccc(F)cc1. The summed E-state index contributed by atoms with van der Waals surface area (Å²) in [6.07, 6.45) is 2.82. The number of carbonyl (C=O) groups excluding carboxylic acids is 2. The minimum Gasteiger partial charge on any atom is -0.356 e. The van der Waals surface area contributed by atoms with Gasteiger partial charge in [0.15, 0.2) is 0 Å². The Morgan fingerprint density at radius 2 is 2.16 bits per heavy atom. The monoisotopic (exact) mass is 345 g/mol. The molecule has 0 spiro atoms. The largest absolute Gasteiger partial charge is 0.356 e. The van der Waals surface area contributed by atoms with Gasteiger partial charge in [-0.3, -0.25) is 4.79 Å². The van der Waals surface area contributed by atoms with Gasteiger partial charge in [-0.05, 0) is 43.5 Å². The van der Waals surface area contributed by atoms with Crippen LogP contribution >= 0.6 is 0 Å². The summed E-state index contributed by atoms with van der Waals surface area (Å²) < 4.78 is 14.6. The lowest BCUT2D eigenvalue weighted by atomic mass is 10.1. The topological polar surface area (TPSA) is 88.1 Å². The van der Waals surface area contributed by atoms with Crippen LogP contribution in [0.25, 0.3) is 5.69 Å². The van der Waals surface area contributed by atoms with Gasteiger partial charge in [0.25, 0.3) is 0 Å². The second-order valence-corrected chi connectivity index (χ2v) is 6.08. The zero-order valence-corrected chi connectivity index (χ0v) is 13.9. The van der Waals surface area contributed by atoms with Crippen LogP contribution in [-0.4, -0.2) is 34.8 Å². The summed E-state index contributed by atoms with van der Waals surface area (Å²) >= 11 is 0. The summed E-state index contributed by atoms with van der Waals surface area (Å²) in [4.78, 5) is 23.1.